The second kappa shape index (κ2) is 14.1. The van der Waals surface area contributed by atoms with Crippen LogP contribution in [0.25, 0.3) is 33.3 Å². The van der Waals surface area contributed by atoms with Gasteiger partial charge < -0.3 is 4.74 Å². The van der Waals surface area contributed by atoms with E-state index in [2.05, 4.69) is 157 Å². The van der Waals surface area contributed by atoms with Crippen molar-refractivity contribution in [2.45, 2.75) is 112 Å². The van der Waals surface area contributed by atoms with Crippen LogP contribution in [-0.4, -0.2) is 19.3 Å². The molecule has 5 heteroatoms. The number of fused-ring (bicyclic) bond motifs is 3. The molecule has 3 aromatic heterocycles. The topological polar surface area (TPSA) is 44.9 Å². The SMILES string of the molecule is CC1=CCC[C@H](C)[C@H]1c1c(C)nn(-c2cc(Oc3ccc4c5ccccc5n(-c5cc(C(C)C)ccn5)c4c3)cc(C(C)(C)C)c2)c1CCC(C)C. The number of rotatable bonds is 9. The van der Waals surface area contributed by atoms with Crippen LogP contribution in [0.1, 0.15) is 121 Å². The van der Waals surface area contributed by atoms with Crippen molar-refractivity contribution in [3.63, 3.8) is 0 Å². The molecular weight excluding hydrogens is 637 g/mol. The second-order valence-corrected chi connectivity index (χ2v) is 17.0. The zero-order valence-electron chi connectivity index (χ0n) is 32.9. The molecule has 6 aromatic rings. The van der Waals surface area contributed by atoms with Crippen LogP contribution >= 0.6 is 0 Å². The molecule has 3 aromatic carbocycles. The Balaban J connectivity index is 1.36. The molecule has 0 N–H and O–H groups in total. The number of aromatic nitrogens is 4. The third-order valence-corrected chi connectivity index (χ3v) is 11.2. The van der Waals surface area contributed by atoms with Crippen molar-refractivity contribution in [3.8, 4) is 23.0 Å². The lowest BCUT2D eigenvalue weighted by Crippen LogP contribution is -2.18. The van der Waals surface area contributed by atoms with Crippen LogP contribution in [0, 0.1) is 18.8 Å². The summed E-state index contributed by atoms with van der Waals surface area (Å²) < 4.78 is 11.4. The molecular formula is C47H56N4O. The van der Waals surface area contributed by atoms with E-state index in [9.17, 15) is 0 Å². The number of para-hydroxylation sites is 1. The summed E-state index contributed by atoms with van der Waals surface area (Å²) in [6.45, 7) is 22.9. The Bertz CT molecular complexity index is 2270. The number of hydrogen-bond acceptors (Lipinski definition) is 3. The largest absolute Gasteiger partial charge is 0.457 e. The van der Waals surface area contributed by atoms with Gasteiger partial charge in [0.05, 0.1) is 22.4 Å². The van der Waals surface area contributed by atoms with Crippen LogP contribution in [0.15, 0.2) is 90.6 Å². The number of ether oxygens (including phenoxy) is 1. The van der Waals surface area contributed by atoms with Gasteiger partial charge in [-0.2, -0.15) is 5.10 Å². The molecule has 2 atom stereocenters. The van der Waals surface area contributed by atoms with Crippen molar-refractivity contribution in [3.05, 3.63) is 119 Å². The maximum absolute atomic E-state index is 6.87. The van der Waals surface area contributed by atoms with Crippen molar-refractivity contribution < 1.29 is 4.74 Å². The van der Waals surface area contributed by atoms with Gasteiger partial charge in [-0.25, -0.2) is 9.67 Å². The van der Waals surface area contributed by atoms with E-state index in [1.807, 2.05) is 6.20 Å². The molecule has 3 heterocycles. The van der Waals surface area contributed by atoms with E-state index < -0.39 is 0 Å². The summed E-state index contributed by atoms with van der Waals surface area (Å²) >= 11 is 0. The number of nitrogens with zero attached hydrogens (tertiary/aromatic N) is 4. The first-order chi connectivity index (χ1) is 24.8. The molecule has 7 rings (SSSR count). The van der Waals surface area contributed by atoms with Crippen LogP contribution < -0.4 is 4.74 Å². The molecule has 5 nitrogen and oxygen atoms in total. The number of hydrogen-bond donors (Lipinski definition) is 0. The van der Waals surface area contributed by atoms with Crippen LogP contribution in [0.3, 0.4) is 0 Å². The van der Waals surface area contributed by atoms with E-state index in [1.165, 1.54) is 51.6 Å². The Labute approximate surface area is 310 Å². The van der Waals surface area contributed by atoms with Gasteiger partial charge in [-0.15, -0.1) is 0 Å². The first-order valence-electron chi connectivity index (χ1n) is 19.4. The highest BCUT2D eigenvalue weighted by Gasteiger charge is 2.31. The van der Waals surface area contributed by atoms with E-state index in [0.717, 1.165) is 52.6 Å². The van der Waals surface area contributed by atoms with Gasteiger partial charge in [0.25, 0.3) is 0 Å². The number of pyridine rings is 1. The minimum atomic E-state index is -0.0854. The molecule has 0 fully saturated rings. The molecule has 1 aliphatic rings. The average Bonchev–Trinajstić information content (AvgIpc) is 3.60. The minimum Gasteiger partial charge on any atom is -0.457 e. The van der Waals surface area contributed by atoms with Crippen LogP contribution in [0.2, 0.25) is 0 Å². The van der Waals surface area contributed by atoms with Crippen molar-refractivity contribution in [2.75, 3.05) is 0 Å². The van der Waals surface area contributed by atoms with Crippen molar-refractivity contribution >= 4 is 21.8 Å². The predicted octanol–water partition coefficient (Wildman–Crippen LogP) is 12.9. The lowest BCUT2D eigenvalue weighted by atomic mass is 9.75. The molecule has 0 amide bonds. The summed E-state index contributed by atoms with van der Waals surface area (Å²) in [4.78, 5) is 4.86. The first-order valence-corrected chi connectivity index (χ1v) is 19.4. The van der Waals surface area contributed by atoms with Crippen LogP contribution in [-0.2, 0) is 11.8 Å². The van der Waals surface area contributed by atoms with Gasteiger partial charge in [-0.3, -0.25) is 4.57 Å². The fourth-order valence-corrected chi connectivity index (χ4v) is 8.21. The summed E-state index contributed by atoms with van der Waals surface area (Å²) in [5.74, 6) is 4.53. The van der Waals surface area contributed by atoms with Gasteiger partial charge in [0, 0.05) is 46.3 Å². The smallest absolute Gasteiger partial charge is 0.137 e. The lowest BCUT2D eigenvalue weighted by Gasteiger charge is -2.30. The third-order valence-electron chi connectivity index (χ3n) is 11.2. The highest BCUT2D eigenvalue weighted by Crippen LogP contribution is 2.43. The molecule has 270 valence electrons. The molecule has 0 unspecified atom stereocenters. The summed E-state index contributed by atoms with van der Waals surface area (Å²) in [6.07, 6.45) is 8.87. The van der Waals surface area contributed by atoms with Crippen LogP contribution in [0.4, 0.5) is 0 Å². The summed E-state index contributed by atoms with van der Waals surface area (Å²) in [6, 6.07) is 26.1. The Morgan fingerprint density at radius 3 is 2.37 bits per heavy atom. The van der Waals surface area contributed by atoms with Gasteiger partial charge in [0.1, 0.15) is 17.3 Å². The van der Waals surface area contributed by atoms with Gasteiger partial charge in [0.2, 0.25) is 0 Å². The highest BCUT2D eigenvalue weighted by molar-refractivity contribution is 6.09. The average molecular weight is 693 g/mol. The summed E-state index contributed by atoms with van der Waals surface area (Å²) in [5.41, 5.74) is 11.1. The molecule has 0 radical (unpaired) electrons. The maximum atomic E-state index is 6.87. The van der Waals surface area contributed by atoms with Crippen molar-refractivity contribution in [1.29, 1.82) is 0 Å². The quantitative estimate of drug-likeness (QED) is 0.142. The Kier molecular flexibility index (Phi) is 9.67. The highest BCUT2D eigenvalue weighted by atomic mass is 16.5. The molecule has 0 aliphatic heterocycles. The Morgan fingerprint density at radius 1 is 0.865 bits per heavy atom. The van der Waals surface area contributed by atoms with Crippen LogP contribution in [0.5, 0.6) is 11.5 Å². The lowest BCUT2D eigenvalue weighted by molar-refractivity contribution is 0.445. The second-order valence-electron chi connectivity index (χ2n) is 17.0. The van der Waals surface area contributed by atoms with E-state index in [1.54, 1.807) is 0 Å². The summed E-state index contributed by atoms with van der Waals surface area (Å²) in [7, 11) is 0. The minimum absolute atomic E-state index is 0.0854. The molecule has 0 spiro atoms. The number of benzene rings is 3. The van der Waals surface area contributed by atoms with E-state index in [4.69, 9.17) is 14.8 Å². The fourth-order valence-electron chi connectivity index (χ4n) is 8.21. The van der Waals surface area contributed by atoms with E-state index >= 15 is 0 Å². The normalized spacial score (nSPS) is 16.7. The Morgan fingerprint density at radius 2 is 1.63 bits per heavy atom. The Hall–Kier alpha value is -4.64. The van der Waals surface area contributed by atoms with Crippen molar-refractivity contribution in [2.24, 2.45) is 11.8 Å². The van der Waals surface area contributed by atoms with E-state index in [-0.39, 0.29) is 5.41 Å². The first kappa shape index (κ1) is 35.7. The predicted molar refractivity (Wildman–Crippen MR) is 218 cm³/mol. The monoisotopic (exact) mass is 692 g/mol. The molecule has 1 aliphatic carbocycles. The fraction of sp³-hybridized carbons (Fsp3) is 0.404. The van der Waals surface area contributed by atoms with E-state index in [0.29, 0.717) is 23.7 Å². The molecule has 0 saturated heterocycles. The number of aryl methyl sites for hydroxylation is 1. The standard InChI is InChI=1S/C47H56N4O/c1-29(2)18-21-42-46(45-31(5)14-13-15-32(45)6)33(7)49-51(42)36-25-35(47(8,9)10)26-38(27-36)52-37-19-20-40-39-16-11-12-17-41(39)50(43(40)28-37)44-24-34(30(3)4)22-23-48-44/h11-12,14,16-17,19-20,22-30,32,45H,13,15,18,21H2,1-10H3/t32-,45-/m0/s1. The maximum Gasteiger partial charge on any atom is 0.137 e. The third kappa shape index (κ3) is 6.83. The van der Waals surface area contributed by atoms with Gasteiger partial charge in [0.15, 0.2) is 0 Å². The zero-order valence-corrected chi connectivity index (χ0v) is 32.9. The van der Waals surface area contributed by atoms with Gasteiger partial charge in [-0.05, 0) is 116 Å². The molecule has 0 saturated carbocycles. The van der Waals surface area contributed by atoms with Gasteiger partial charge in [-0.1, -0.05) is 85.2 Å². The molecule has 0 bridgehead atoms. The zero-order chi connectivity index (χ0) is 36.9. The van der Waals surface area contributed by atoms with Crippen molar-refractivity contribution in [1.82, 2.24) is 19.3 Å². The summed E-state index contributed by atoms with van der Waals surface area (Å²) in [5, 5.41) is 7.71. The number of allylic oxidation sites excluding steroid dienone is 2. The molecule has 52 heavy (non-hydrogen) atoms. The van der Waals surface area contributed by atoms with Gasteiger partial charge >= 0.3 is 0 Å².